The predicted octanol–water partition coefficient (Wildman–Crippen LogP) is 7.06. The molecule has 4 heterocycles. The normalized spacial score (nSPS) is 10.9. The Kier molecular flexibility index (Phi) is 11.9. The molecule has 4 aromatic carbocycles. The Hall–Kier alpha value is -7.48. The van der Waals surface area contributed by atoms with Gasteiger partial charge in [-0.05, 0) is 162 Å². The quantitative estimate of drug-likeness (QED) is 0.141. The Bertz CT molecular complexity index is 2740. The number of rotatable bonds is 10. The van der Waals surface area contributed by atoms with E-state index >= 15 is 0 Å². The Morgan fingerprint density at radius 3 is 1.47 bits per heavy atom. The lowest BCUT2D eigenvalue weighted by atomic mass is 10.0. The lowest BCUT2D eigenvalue weighted by Gasteiger charge is -2.15. The van der Waals surface area contributed by atoms with Gasteiger partial charge in [-0.1, -0.05) is 36.4 Å². The first-order chi connectivity index (χ1) is 28.9. The van der Waals surface area contributed by atoms with Crippen molar-refractivity contribution in [2.24, 2.45) is 14.1 Å². The van der Waals surface area contributed by atoms with Crippen molar-refractivity contribution in [3.63, 3.8) is 0 Å². The maximum Gasteiger partial charge on any atom is 0.368 e. The van der Waals surface area contributed by atoms with Crippen molar-refractivity contribution in [1.29, 1.82) is 0 Å². The molecule has 0 fully saturated rings. The third-order valence-electron chi connectivity index (χ3n) is 10.2. The zero-order chi connectivity index (χ0) is 42.5. The van der Waals surface area contributed by atoms with Crippen LogP contribution in [0.15, 0.2) is 119 Å². The minimum absolute atomic E-state index is 0.296. The molecule has 0 N–H and O–H groups in total. The third-order valence-corrected chi connectivity index (χ3v) is 10.2. The highest BCUT2D eigenvalue weighted by atomic mass is 16.5. The molecule has 14 heteroatoms. The zero-order valence-corrected chi connectivity index (χ0v) is 34.9. The molecular formula is C46H46N10O4. The first-order valence-corrected chi connectivity index (χ1v) is 19.4. The number of aryl methyl sites for hydroxylation is 8. The van der Waals surface area contributed by atoms with Crippen LogP contribution in [0.1, 0.15) is 44.6 Å². The maximum absolute atomic E-state index is 12.3. The first-order valence-electron chi connectivity index (χ1n) is 19.4. The molecule has 304 valence electrons. The fourth-order valence-electron chi connectivity index (χ4n) is 6.80. The molecule has 4 aromatic heterocycles. The first kappa shape index (κ1) is 40.7. The van der Waals surface area contributed by atoms with Gasteiger partial charge in [0.25, 0.3) is 0 Å². The number of ether oxygens (including phenoxy) is 2. The van der Waals surface area contributed by atoms with E-state index in [9.17, 15) is 9.59 Å². The van der Waals surface area contributed by atoms with E-state index in [1.165, 1.54) is 18.7 Å². The summed E-state index contributed by atoms with van der Waals surface area (Å²) in [6.45, 7) is 12.7. The number of nitrogens with zero attached hydrogens (tertiary/aromatic N) is 10. The van der Waals surface area contributed by atoms with Gasteiger partial charge in [-0.2, -0.15) is 18.7 Å². The lowest BCUT2D eigenvalue weighted by molar-refractivity contribution is 0.302. The summed E-state index contributed by atoms with van der Waals surface area (Å²) in [7, 11) is 3.15. The van der Waals surface area contributed by atoms with Crippen LogP contribution >= 0.6 is 0 Å². The summed E-state index contributed by atoms with van der Waals surface area (Å²) in [5.41, 5.74) is 13.2. The fourth-order valence-corrected chi connectivity index (χ4v) is 6.80. The van der Waals surface area contributed by atoms with E-state index in [1.54, 1.807) is 14.1 Å². The molecule has 0 unspecified atom stereocenters. The van der Waals surface area contributed by atoms with Gasteiger partial charge in [-0.25, -0.2) is 9.59 Å². The molecule has 8 rings (SSSR count). The van der Waals surface area contributed by atoms with E-state index in [0.717, 1.165) is 78.4 Å². The molecule has 8 aromatic rings. The van der Waals surface area contributed by atoms with E-state index in [-0.39, 0.29) is 11.4 Å². The van der Waals surface area contributed by atoms with Crippen LogP contribution in [0.5, 0.6) is 11.5 Å². The van der Waals surface area contributed by atoms with E-state index in [4.69, 9.17) is 9.47 Å². The second-order valence-corrected chi connectivity index (χ2v) is 14.7. The van der Waals surface area contributed by atoms with E-state index in [0.29, 0.717) is 24.6 Å². The second kappa shape index (κ2) is 17.6. The highest BCUT2D eigenvalue weighted by molar-refractivity contribution is 5.66. The highest BCUT2D eigenvalue weighted by Crippen LogP contribution is 2.30. The number of hydrogen-bond acceptors (Lipinski definition) is 10. The predicted molar refractivity (Wildman–Crippen MR) is 230 cm³/mol. The van der Waals surface area contributed by atoms with Crippen molar-refractivity contribution in [3.8, 4) is 45.1 Å². The SMILES string of the molecule is Cc1cc(-c2ccc(OCc3c(C)cccc3-n3nnn(C)c3=O)c(C)c2)ccn1.Cc1cncc(-c2ccc(OCc3c(C)cccc3-n3nnn(C)c3=O)c(C)c2)c1. The highest BCUT2D eigenvalue weighted by Gasteiger charge is 2.16. The van der Waals surface area contributed by atoms with Gasteiger partial charge in [0.15, 0.2) is 0 Å². The van der Waals surface area contributed by atoms with Gasteiger partial charge in [0.1, 0.15) is 24.7 Å². The molecule has 0 radical (unpaired) electrons. The summed E-state index contributed by atoms with van der Waals surface area (Å²) < 4.78 is 17.3. The topological polar surface area (TPSA) is 150 Å². The molecule has 0 atom stereocenters. The van der Waals surface area contributed by atoms with Crippen molar-refractivity contribution in [3.05, 3.63) is 175 Å². The van der Waals surface area contributed by atoms with Crippen LogP contribution < -0.4 is 20.9 Å². The fraction of sp³-hybridized carbons (Fsp3) is 0.217. The zero-order valence-electron chi connectivity index (χ0n) is 34.9. The van der Waals surface area contributed by atoms with Crippen LogP contribution in [0.4, 0.5) is 0 Å². The van der Waals surface area contributed by atoms with Crippen molar-refractivity contribution in [1.82, 2.24) is 49.5 Å². The van der Waals surface area contributed by atoms with Crippen LogP contribution in [0.2, 0.25) is 0 Å². The van der Waals surface area contributed by atoms with Gasteiger partial charge >= 0.3 is 11.4 Å². The molecule has 0 aliphatic heterocycles. The van der Waals surface area contributed by atoms with Crippen molar-refractivity contribution >= 4 is 0 Å². The number of aromatic nitrogens is 10. The van der Waals surface area contributed by atoms with Crippen LogP contribution in [-0.4, -0.2) is 49.5 Å². The minimum atomic E-state index is -0.297. The lowest BCUT2D eigenvalue weighted by Crippen LogP contribution is -2.23. The average molecular weight is 803 g/mol. The van der Waals surface area contributed by atoms with E-state index in [2.05, 4.69) is 55.1 Å². The number of benzene rings is 4. The van der Waals surface area contributed by atoms with Gasteiger partial charge < -0.3 is 9.47 Å². The van der Waals surface area contributed by atoms with Gasteiger partial charge in [0.05, 0.1) is 11.4 Å². The van der Waals surface area contributed by atoms with Gasteiger partial charge in [0.2, 0.25) is 0 Å². The van der Waals surface area contributed by atoms with Crippen LogP contribution in [0.25, 0.3) is 33.6 Å². The average Bonchev–Trinajstić information content (AvgIpc) is 3.75. The number of tetrazole rings is 2. The largest absolute Gasteiger partial charge is 0.489 e. The molecule has 60 heavy (non-hydrogen) atoms. The Morgan fingerprint density at radius 1 is 0.517 bits per heavy atom. The standard InChI is InChI=1S/2C23H23N5O2/c1-15-10-19(13-24-12-15)18-8-9-22(17(3)11-18)30-14-20-16(2)6-5-7-21(20)28-23(29)27(4)25-26-28;1-15-6-5-7-21(28-23(29)27(4)25-26-28)20(15)14-30-22-9-8-18(12-16(22)2)19-10-11-24-17(3)13-19/h2*5-13H,14H2,1-4H3. The summed E-state index contributed by atoms with van der Waals surface area (Å²) in [4.78, 5) is 33.2. The van der Waals surface area contributed by atoms with Gasteiger partial charge in [0, 0.05) is 55.1 Å². The van der Waals surface area contributed by atoms with E-state index < -0.39 is 0 Å². The van der Waals surface area contributed by atoms with Crippen LogP contribution in [-0.2, 0) is 27.3 Å². The number of pyridine rings is 2. The second-order valence-electron chi connectivity index (χ2n) is 14.7. The molecule has 0 saturated carbocycles. The number of hydrogen-bond donors (Lipinski definition) is 0. The smallest absolute Gasteiger partial charge is 0.368 e. The van der Waals surface area contributed by atoms with E-state index in [1.807, 2.05) is 127 Å². The van der Waals surface area contributed by atoms with Crippen molar-refractivity contribution in [2.75, 3.05) is 0 Å². The summed E-state index contributed by atoms with van der Waals surface area (Å²) in [6, 6.07) is 29.9. The summed E-state index contributed by atoms with van der Waals surface area (Å²) in [5.74, 6) is 1.59. The molecule has 0 saturated heterocycles. The van der Waals surface area contributed by atoms with Crippen molar-refractivity contribution < 1.29 is 9.47 Å². The Labute approximate surface area is 347 Å². The van der Waals surface area contributed by atoms with Gasteiger partial charge in [-0.3, -0.25) is 9.97 Å². The minimum Gasteiger partial charge on any atom is -0.489 e. The molecule has 14 nitrogen and oxygen atoms in total. The maximum atomic E-state index is 12.3. The Morgan fingerprint density at radius 2 is 1.02 bits per heavy atom. The molecule has 0 aliphatic carbocycles. The summed E-state index contributed by atoms with van der Waals surface area (Å²) in [5, 5.41) is 15.6. The Balaban J connectivity index is 0.000000181. The summed E-state index contributed by atoms with van der Waals surface area (Å²) >= 11 is 0. The molecule has 0 amide bonds. The third kappa shape index (κ3) is 8.82. The molecule has 0 spiro atoms. The molecule has 0 bridgehead atoms. The monoisotopic (exact) mass is 802 g/mol. The van der Waals surface area contributed by atoms with Crippen LogP contribution in [0, 0.1) is 41.5 Å². The summed E-state index contributed by atoms with van der Waals surface area (Å²) in [6.07, 6.45) is 5.52. The molecular weight excluding hydrogens is 757 g/mol. The van der Waals surface area contributed by atoms with Crippen molar-refractivity contribution in [2.45, 2.75) is 54.8 Å². The van der Waals surface area contributed by atoms with Gasteiger partial charge in [-0.15, -0.1) is 0 Å². The van der Waals surface area contributed by atoms with Crippen LogP contribution in [0.3, 0.4) is 0 Å². The molecule has 0 aliphatic rings.